The molecule has 3 amide bonds. The quantitative estimate of drug-likeness (QED) is 0.599. The van der Waals surface area contributed by atoms with Crippen molar-refractivity contribution in [2.45, 2.75) is 63.3 Å². The molecular formula is C29H36F3N5O3. The van der Waals surface area contributed by atoms with Crippen molar-refractivity contribution in [3.05, 3.63) is 36.0 Å². The summed E-state index contributed by atoms with van der Waals surface area (Å²) >= 11 is 0. The van der Waals surface area contributed by atoms with Gasteiger partial charge in [-0.2, -0.15) is 13.2 Å². The summed E-state index contributed by atoms with van der Waals surface area (Å²) in [7, 11) is 0. The fourth-order valence-electron chi connectivity index (χ4n) is 7.14. The number of likely N-dealkylation sites (tertiary alicyclic amines) is 2. The molecule has 11 heteroatoms. The average molecular weight is 560 g/mol. The van der Waals surface area contributed by atoms with Crippen LogP contribution in [-0.2, 0) is 11.0 Å². The Morgan fingerprint density at radius 2 is 1.68 bits per heavy atom. The number of carbonyl (C=O) groups excluding carboxylic acids is 2. The summed E-state index contributed by atoms with van der Waals surface area (Å²) in [6.45, 7) is 3.34. The van der Waals surface area contributed by atoms with Gasteiger partial charge in [0.15, 0.2) is 0 Å². The topological polar surface area (TPSA) is 80.2 Å². The summed E-state index contributed by atoms with van der Waals surface area (Å²) in [6.07, 6.45) is 0.598. The highest BCUT2D eigenvalue weighted by molar-refractivity contribution is 5.92. The van der Waals surface area contributed by atoms with Crippen molar-refractivity contribution in [1.29, 1.82) is 0 Å². The molecule has 40 heavy (non-hydrogen) atoms. The number of pyridine rings is 1. The number of hydrogen-bond acceptors (Lipinski definition) is 5. The SMILES string of the molecule is O=C(N1CCN(c2cc(C(F)(F)F)nc3ccccc23)CC1)N1CCCC2(CCN(C3CCC(O)CC3)C2=O)C1. The van der Waals surface area contributed by atoms with Crippen molar-refractivity contribution < 1.29 is 27.9 Å². The first-order chi connectivity index (χ1) is 19.1. The van der Waals surface area contributed by atoms with Crippen LogP contribution in [0.2, 0.25) is 0 Å². The largest absolute Gasteiger partial charge is 0.433 e. The van der Waals surface area contributed by atoms with Crippen LogP contribution in [0.3, 0.4) is 0 Å². The molecule has 1 N–H and O–H groups in total. The molecule has 1 atom stereocenters. The summed E-state index contributed by atoms with van der Waals surface area (Å²) in [5, 5.41) is 10.5. The van der Waals surface area contributed by atoms with Gasteiger partial charge >= 0.3 is 12.2 Å². The average Bonchev–Trinajstić information content (AvgIpc) is 3.26. The number of aliphatic hydroxyl groups excluding tert-OH is 1. The molecule has 0 radical (unpaired) electrons. The maximum Gasteiger partial charge on any atom is 0.433 e. The lowest BCUT2D eigenvalue weighted by Gasteiger charge is -2.43. The lowest BCUT2D eigenvalue weighted by atomic mass is 9.78. The number of hydrogen-bond donors (Lipinski definition) is 1. The van der Waals surface area contributed by atoms with Gasteiger partial charge in [-0.25, -0.2) is 9.78 Å². The molecule has 1 spiro atoms. The van der Waals surface area contributed by atoms with Gasteiger partial charge < -0.3 is 24.7 Å². The molecule has 1 saturated carbocycles. The van der Waals surface area contributed by atoms with Crippen molar-refractivity contribution in [1.82, 2.24) is 19.7 Å². The van der Waals surface area contributed by atoms with E-state index in [-0.39, 0.29) is 24.1 Å². The number of piperazine rings is 1. The van der Waals surface area contributed by atoms with Crippen LogP contribution in [0.15, 0.2) is 30.3 Å². The lowest BCUT2D eigenvalue weighted by molar-refractivity contribution is -0.141. The van der Waals surface area contributed by atoms with Crippen LogP contribution < -0.4 is 4.90 Å². The monoisotopic (exact) mass is 559 g/mol. The van der Waals surface area contributed by atoms with E-state index in [4.69, 9.17) is 0 Å². The molecule has 3 saturated heterocycles. The molecule has 4 heterocycles. The Labute approximate surface area is 231 Å². The number of rotatable bonds is 2. The van der Waals surface area contributed by atoms with Gasteiger partial charge in [0, 0.05) is 62.9 Å². The molecule has 4 aliphatic rings. The van der Waals surface area contributed by atoms with Crippen molar-refractivity contribution in [2.24, 2.45) is 5.41 Å². The third kappa shape index (κ3) is 4.97. The Kier molecular flexibility index (Phi) is 7.04. The molecule has 216 valence electrons. The summed E-state index contributed by atoms with van der Waals surface area (Å²) in [5.41, 5.74) is -0.675. The first kappa shape index (κ1) is 27.1. The number of benzene rings is 1. The minimum absolute atomic E-state index is 0.0960. The maximum atomic E-state index is 13.6. The number of piperidine rings is 1. The van der Waals surface area contributed by atoms with Crippen LogP contribution in [0.4, 0.5) is 23.7 Å². The highest BCUT2D eigenvalue weighted by Gasteiger charge is 2.51. The van der Waals surface area contributed by atoms with Crippen molar-refractivity contribution in [3.63, 3.8) is 0 Å². The molecule has 8 nitrogen and oxygen atoms in total. The van der Waals surface area contributed by atoms with Gasteiger partial charge in [-0.05, 0) is 57.1 Å². The van der Waals surface area contributed by atoms with Gasteiger partial charge in [0.1, 0.15) is 5.69 Å². The molecule has 1 aromatic heterocycles. The highest BCUT2D eigenvalue weighted by atomic mass is 19.4. The van der Waals surface area contributed by atoms with Gasteiger partial charge in [0.05, 0.1) is 17.0 Å². The number of carbonyl (C=O) groups is 2. The number of amides is 3. The molecule has 2 aromatic rings. The van der Waals surface area contributed by atoms with Crippen LogP contribution in [0.25, 0.3) is 10.9 Å². The molecular weight excluding hydrogens is 523 g/mol. The molecule has 1 aliphatic carbocycles. The number of aromatic nitrogens is 1. The van der Waals surface area contributed by atoms with Gasteiger partial charge in [-0.3, -0.25) is 4.79 Å². The second-order valence-corrected chi connectivity index (χ2v) is 11.8. The third-order valence-electron chi connectivity index (χ3n) is 9.38. The Morgan fingerprint density at radius 3 is 2.40 bits per heavy atom. The summed E-state index contributed by atoms with van der Waals surface area (Å²) < 4.78 is 40.7. The lowest BCUT2D eigenvalue weighted by Crippen LogP contribution is -2.57. The zero-order chi connectivity index (χ0) is 28.1. The number of urea groups is 1. The molecule has 0 bridgehead atoms. The summed E-state index contributed by atoms with van der Waals surface area (Å²) in [4.78, 5) is 38.5. The van der Waals surface area contributed by atoms with E-state index in [1.165, 1.54) is 0 Å². The predicted molar refractivity (Wildman–Crippen MR) is 144 cm³/mol. The van der Waals surface area contributed by atoms with Crippen molar-refractivity contribution in [2.75, 3.05) is 50.7 Å². The van der Waals surface area contributed by atoms with Gasteiger partial charge in [-0.15, -0.1) is 0 Å². The first-order valence-electron chi connectivity index (χ1n) is 14.4. The number of anilines is 1. The van der Waals surface area contributed by atoms with E-state index in [0.29, 0.717) is 62.4 Å². The van der Waals surface area contributed by atoms with E-state index in [9.17, 15) is 27.9 Å². The Bertz CT molecular complexity index is 1270. The summed E-state index contributed by atoms with van der Waals surface area (Å²) in [6, 6.07) is 8.02. The first-order valence-corrected chi connectivity index (χ1v) is 14.4. The van der Waals surface area contributed by atoms with E-state index in [1.54, 1.807) is 29.2 Å². The smallest absolute Gasteiger partial charge is 0.393 e. The van der Waals surface area contributed by atoms with Gasteiger partial charge in [0.25, 0.3) is 0 Å². The molecule has 1 aromatic carbocycles. The zero-order valence-electron chi connectivity index (χ0n) is 22.6. The third-order valence-corrected chi connectivity index (χ3v) is 9.38. The minimum Gasteiger partial charge on any atom is -0.393 e. The number of para-hydroxylation sites is 1. The Balaban J connectivity index is 1.12. The van der Waals surface area contributed by atoms with Gasteiger partial charge in [0.2, 0.25) is 5.91 Å². The van der Waals surface area contributed by atoms with Crippen molar-refractivity contribution >= 4 is 28.5 Å². The minimum atomic E-state index is -4.55. The number of alkyl halides is 3. The second-order valence-electron chi connectivity index (χ2n) is 11.8. The fourth-order valence-corrected chi connectivity index (χ4v) is 7.14. The van der Waals surface area contributed by atoms with Crippen LogP contribution in [0, 0.1) is 5.41 Å². The van der Waals surface area contributed by atoms with E-state index in [2.05, 4.69) is 4.98 Å². The molecule has 1 unspecified atom stereocenters. The summed E-state index contributed by atoms with van der Waals surface area (Å²) in [5.74, 6) is 0.154. The second kappa shape index (κ2) is 10.4. The van der Waals surface area contributed by atoms with Gasteiger partial charge in [-0.1, -0.05) is 18.2 Å². The Hall–Kier alpha value is -3.08. The van der Waals surface area contributed by atoms with Crippen LogP contribution >= 0.6 is 0 Å². The van der Waals surface area contributed by atoms with E-state index in [1.807, 2.05) is 14.7 Å². The molecule has 4 fully saturated rings. The van der Waals surface area contributed by atoms with Crippen molar-refractivity contribution in [3.8, 4) is 0 Å². The zero-order valence-corrected chi connectivity index (χ0v) is 22.6. The van der Waals surface area contributed by atoms with Crippen LogP contribution in [0.1, 0.15) is 50.6 Å². The number of halogens is 3. The maximum absolute atomic E-state index is 13.6. The van der Waals surface area contributed by atoms with E-state index >= 15 is 0 Å². The Morgan fingerprint density at radius 1 is 0.950 bits per heavy atom. The number of nitrogens with zero attached hydrogens (tertiary/aromatic N) is 5. The molecule has 6 rings (SSSR count). The standard InChI is InChI=1S/C29H36F3N5O3/c30-29(31,32)25-18-24(22-4-1-2-5-23(22)33-25)34-14-16-35(17-15-34)27(40)36-12-3-10-28(19-36)11-13-37(26(28)39)20-6-8-21(38)9-7-20/h1-2,4-5,18,20-21,38H,3,6-17,19H2. The van der Waals surface area contributed by atoms with E-state index in [0.717, 1.165) is 51.0 Å². The molecule has 3 aliphatic heterocycles. The number of fused-ring (bicyclic) bond motifs is 1. The van der Waals surface area contributed by atoms with Crippen LogP contribution in [-0.4, -0.2) is 94.7 Å². The predicted octanol–water partition coefficient (Wildman–Crippen LogP) is 4.11. The fraction of sp³-hybridized carbons (Fsp3) is 0.621. The normalized spacial score (nSPS) is 28.1. The number of aliphatic hydroxyl groups is 1. The van der Waals surface area contributed by atoms with E-state index < -0.39 is 17.3 Å². The van der Waals surface area contributed by atoms with Crippen LogP contribution in [0.5, 0.6) is 0 Å². The highest BCUT2D eigenvalue weighted by Crippen LogP contribution is 2.43.